The minimum Gasteiger partial charge on any atom is -0.467 e. The first-order valence-electron chi connectivity index (χ1n) is 20.4. The second kappa shape index (κ2) is 17.0. The van der Waals surface area contributed by atoms with Crippen molar-refractivity contribution in [3.8, 4) is 0 Å². The molecule has 16 nitrogen and oxygen atoms in total. The second-order valence-corrected chi connectivity index (χ2v) is 18.4. The highest BCUT2D eigenvalue weighted by Crippen LogP contribution is 2.70. The summed E-state index contributed by atoms with van der Waals surface area (Å²) in [6.07, 6.45) is -7.83. The smallest absolute Gasteiger partial charge is 0.338 e. The number of carbonyl (C=O) groups is 6. The van der Waals surface area contributed by atoms with Crippen molar-refractivity contribution in [1.29, 1.82) is 0 Å². The summed E-state index contributed by atoms with van der Waals surface area (Å²) < 4.78 is 35.9. The van der Waals surface area contributed by atoms with Crippen molar-refractivity contribution in [2.45, 2.75) is 135 Å². The first kappa shape index (κ1) is 46.0. The molecule has 17 heteroatoms. The molecule has 4 N–H and O–H groups in total. The maximum Gasteiger partial charge on any atom is 0.338 e. The average molecular weight is 870 g/mol. The molecule has 2 aromatic rings. The largest absolute Gasteiger partial charge is 0.467 e. The van der Waals surface area contributed by atoms with E-state index in [4.69, 9.17) is 28.1 Å². The molecule has 1 saturated heterocycles. The number of benzene rings is 1. The zero-order valence-electron chi connectivity index (χ0n) is 35.6. The van der Waals surface area contributed by atoms with Crippen LogP contribution in [-0.2, 0) is 42.9 Å². The van der Waals surface area contributed by atoms with E-state index >= 15 is 4.79 Å². The van der Waals surface area contributed by atoms with Crippen LogP contribution < -0.4 is 5.32 Å². The van der Waals surface area contributed by atoms with Crippen LogP contribution in [0.15, 0.2) is 64.3 Å². The summed E-state index contributed by atoms with van der Waals surface area (Å²) in [7, 11) is 0. The van der Waals surface area contributed by atoms with Crippen LogP contribution in [0, 0.1) is 16.2 Å². The molecule has 3 fully saturated rings. The number of Topliss-reactive ketones (excluding diaryl/α,β-unsaturated/α-hetero) is 1. The highest BCUT2D eigenvalue weighted by Gasteiger charge is 2.84. The summed E-state index contributed by atoms with van der Waals surface area (Å²) in [6.45, 7) is 11.4. The number of fused-ring (bicyclic) bond motifs is 5. The van der Waals surface area contributed by atoms with Crippen LogP contribution in [0.5, 0.6) is 0 Å². The molecule has 2 bridgehead atoms. The van der Waals surface area contributed by atoms with Crippen molar-refractivity contribution in [1.82, 2.24) is 5.32 Å². The zero-order chi connectivity index (χ0) is 44.9. The molecule has 11 atom stereocenters. The molecular weight excluding hydrogens is 815 g/mol. The monoisotopic (exact) mass is 869 g/mol. The van der Waals surface area contributed by atoms with Gasteiger partial charge in [0.15, 0.2) is 23.6 Å². The molecule has 1 amide bonds. The Labute approximate surface area is 358 Å². The van der Waals surface area contributed by atoms with Gasteiger partial charge in [-0.25, -0.2) is 9.59 Å². The fourth-order valence-electron chi connectivity index (χ4n) is 10.1. The summed E-state index contributed by atoms with van der Waals surface area (Å²) in [5.74, 6) is -4.23. The zero-order valence-corrected chi connectivity index (χ0v) is 36.4. The van der Waals surface area contributed by atoms with E-state index in [1.807, 2.05) is 6.92 Å². The quantitative estimate of drug-likeness (QED) is 0.0993. The van der Waals surface area contributed by atoms with E-state index in [9.17, 15) is 39.3 Å². The molecule has 1 aromatic heterocycles. The topological polar surface area (TPSA) is 234 Å². The molecule has 332 valence electrons. The highest BCUT2D eigenvalue weighted by atomic mass is 32.2. The molecule has 2 saturated carbocycles. The Morgan fingerprint density at radius 2 is 1.67 bits per heavy atom. The fourth-order valence-corrected chi connectivity index (χ4v) is 10.9. The maximum absolute atomic E-state index is 15.6. The summed E-state index contributed by atoms with van der Waals surface area (Å²) in [5.41, 5.74) is -9.91. The van der Waals surface area contributed by atoms with Gasteiger partial charge in [0.2, 0.25) is 0 Å². The predicted octanol–water partition coefficient (Wildman–Crippen LogP) is 4.53. The van der Waals surface area contributed by atoms with Crippen molar-refractivity contribution >= 4 is 46.7 Å². The molecule has 6 rings (SSSR count). The lowest BCUT2D eigenvalue weighted by Crippen LogP contribution is -2.86. The van der Waals surface area contributed by atoms with Crippen molar-refractivity contribution < 1.29 is 72.2 Å². The number of rotatable bonds is 12. The van der Waals surface area contributed by atoms with Gasteiger partial charge < -0.3 is 48.7 Å². The Morgan fingerprint density at radius 1 is 0.984 bits per heavy atom. The van der Waals surface area contributed by atoms with Crippen LogP contribution in [0.25, 0.3) is 0 Å². The third kappa shape index (κ3) is 7.39. The van der Waals surface area contributed by atoms with E-state index in [0.29, 0.717) is 5.75 Å². The summed E-state index contributed by atoms with van der Waals surface area (Å²) in [4.78, 5) is 83.2. The number of amides is 1. The Balaban J connectivity index is 1.55. The number of furan rings is 1. The number of aliphatic hydroxyl groups excluding tert-OH is 2. The molecular formula is C44H55NO15S. The first-order valence-corrected chi connectivity index (χ1v) is 21.4. The van der Waals surface area contributed by atoms with Crippen LogP contribution in [0.4, 0.5) is 4.79 Å². The number of unbranched alkanes of at least 4 members (excludes halogenated alkanes) is 1. The van der Waals surface area contributed by atoms with Crippen LogP contribution >= 0.6 is 11.8 Å². The lowest BCUT2D eigenvalue weighted by molar-refractivity contribution is -0.380. The minimum atomic E-state index is -2.42. The van der Waals surface area contributed by atoms with Crippen LogP contribution in [-0.4, -0.2) is 110 Å². The third-order valence-electron chi connectivity index (χ3n) is 13.7. The number of nitrogens with one attached hydrogen (secondary N) is 1. The van der Waals surface area contributed by atoms with Gasteiger partial charge in [-0.15, -0.1) is 0 Å². The minimum absolute atomic E-state index is 0.0123. The molecule has 0 radical (unpaired) electrons. The Bertz CT molecular complexity index is 2070. The predicted molar refractivity (Wildman–Crippen MR) is 217 cm³/mol. The number of aliphatic hydroxyl groups is 3. The maximum atomic E-state index is 15.6. The van der Waals surface area contributed by atoms with E-state index in [0.717, 1.165) is 38.5 Å². The van der Waals surface area contributed by atoms with E-state index in [1.54, 1.807) is 32.0 Å². The molecule has 1 aliphatic heterocycles. The Kier molecular flexibility index (Phi) is 12.8. The summed E-state index contributed by atoms with van der Waals surface area (Å²) in [5, 5.41) is 39.6. The van der Waals surface area contributed by atoms with Gasteiger partial charge in [0.25, 0.3) is 5.24 Å². The molecule has 0 spiro atoms. The number of carbonyl (C=O) groups excluding carboxylic acids is 6. The normalized spacial score (nSPS) is 33.6. The second-order valence-electron chi connectivity index (χ2n) is 17.3. The van der Waals surface area contributed by atoms with Gasteiger partial charge in [0.05, 0.1) is 35.4 Å². The van der Waals surface area contributed by atoms with E-state index < -0.39 is 111 Å². The average Bonchev–Trinajstić information content (AvgIpc) is 3.74. The van der Waals surface area contributed by atoms with E-state index in [2.05, 4.69) is 5.32 Å². The standard InChI is InChI=1S/C44H55NO15S/c1-9-10-19-61-39(53)45-32(27-17-14-18-55-27)33(49)37(52)58-28-21-43(54)38(59-36(51)26-15-12-11-13-16-26)42(8)41(7,29(48)20-30-44(42,22-56-30)60-25(4)47)35(50)34(57-24(3)46)31(23(28)2)40(43,5)6/h11-18,28-30,32-34,38,48-49,54H,9-10,19-22H2,1-8H3,(H,45,53)/t28-,29-,30+,32-,33+,34+,38-,41-,42-,43+,44-/m0/s1. The number of hydrogen-bond donors (Lipinski definition) is 4. The van der Waals surface area contributed by atoms with Crippen molar-refractivity contribution in [2.24, 2.45) is 16.2 Å². The Hall–Kier alpha value is -4.55. The van der Waals surface area contributed by atoms with E-state index in [1.165, 1.54) is 51.3 Å². The summed E-state index contributed by atoms with van der Waals surface area (Å²) in [6, 6.07) is 9.40. The van der Waals surface area contributed by atoms with Crippen molar-refractivity contribution in [2.75, 3.05) is 12.4 Å². The molecule has 1 aromatic carbocycles. The number of ketones is 1. The number of ether oxygens (including phenoxy) is 5. The molecule has 2 heterocycles. The Morgan fingerprint density at radius 3 is 2.25 bits per heavy atom. The van der Waals surface area contributed by atoms with Crippen LogP contribution in [0.1, 0.15) is 103 Å². The summed E-state index contributed by atoms with van der Waals surface area (Å²) >= 11 is 0.963. The molecule has 0 unspecified atom stereocenters. The van der Waals surface area contributed by atoms with Crippen molar-refractivity contribution in [3.05, 3.63) is 71.2 Å². The van der Waals surface area contributed by atoms with Gasteiger partial charge in [-0.1, -0.05) is 64.1 Å². The fraction of sp³-hybridized carbons (Fsp3) is 0.591. The number of thioether (sulfide) groups is 1. The third-order valence-corrected chi connectivity index (χ3v) is 14.6. The number of hydrogen-bond acceptors (Lipinski definition) is 16. The van der Waals surface area contributed by atoms with Gasteiger partial charge in [0.1, 0.15) is 35.7 Å². The van der Waals surface area contributed by atoms with Gasteiger partial charge in [-0.2, -0.15) is 0 Å². The van der Waals surface area contributed by atoms with Gasteiger partial charge in [0, 0.05) is 37.9 Å². The van der Waals surface area contributed by atoms with Gasteiger partial charge in [-0.05, 0) is 55.7 Å². The lowest BCUT2D eigenvalue weighted by Gasteiger charge is -2.72. The lowest BCUT2D eigenvalue weighted by atomic mass is 9.38. The number of esters is 4. The van der Waals surface area contributed by atoms with E-state index in [-0.39, 0.29) is 35.5 Å². The van der Waals surface area contributed by atoms with Crippen LogP contribution in [0.3, 0.4) is 0 Å². The van der Waals surface area contributed by atoms with Gasteiger partial charge >= 0.3 is 23.9 Å². The SMILES string of the molecule is CCCCSC(=O)N[C@@H](c1ccco1)[C@@H](O)C(=O)O[C@H]1C[C@@]2(O)[C@@H](OC(=O)c3ccccc3)[C@]3(C)[C@]4(OC(C)=O)CO[C@@H]4C[C@H](O)[C@@]3(C)C(=O)[C@H](OC(C)=O)C(=C1C)C2(C)C. The molecule has 4 aliphatic rings. The van der Waals surface area contributed by atoms with Crippen LogP contribution in [0.2, 0.25) is 0 Å². The molecule has 3 aliphatic carbocycles. The molecule has 61 heavy (non-hydrogen) atoms. The highest BCUT2D eigenvalue weighted by molar-refractivity contribution is 8.13. The van der Waals surface area contributed by atoms with Crippen molar-refractivity contribution in [3.63, 3.8) is 0 Å². The first-order chi connectivity index (χ1) is 28.6. The van der Waals surface area contributed by atoms with Gasteiger partial charge in [-0.3, -0.25) is 19.2 Å².